The molecule has 2 rings (SSSR count). The number of para-hydroxylation sites is 2. The Hall–Kier alpha value is -2.07. The number of hydrogen-bond acceptors (Lipinski definition) is 4. The van der Waals surface area contributed by atoms with E-state index in [4.69, 9.17) is 15.2 Å². The molecule has 2 aromatic rings. The highest BCUT2D eigenvalue weighted by molar-refractivity contribution is 5.43. The van der Waals surface area contributed by atoms with Gasteiger partial charge in [-0.25, -0.2) is 4.98 Å². The molecule has 0 aliphatic carbocycles. The van der Waals surface area contributed by atoms with Gasteiger partial charge in [0.2, 0.25) is 5.88 Å². The van der Waals surface area contributed by atoms with Crippen LogP contribution in [0.15, 0.2) is 42.6 Å². The first-order valence-electron chi connectivity index (χ1n) is 6.82. The van der Waals surface area contributed by atoms with Gasteiger partial charge in [-0.3, -0.25) is 0 Å². The molecule has 106 valence electrons. The van der Waals surface area contributed by atoms with Gasteiger partial charge in [-0.1, -0.05) is 25.1 Å². The van der Waals surface area contributed by atoms with Crippen LogP contribution < -0.4 is 15.2 Å². The van der Waals surface area contributed by atoms with Gasteiger partial charge in [0, 0.05) is 17.8 Å². The van der Waals surface area contributed by atoms with Crippen LogP contribution >= 0.6 is 0 Å². The highest BCUT2D eigenvalue weighted by Crippen LogP contribution is 2.33. The maximum Gasteiger partial charge on any atom is 0.224 e. The zero-order valence-corrected chi connectivity index (χ0v) is 11.9. The standard InChI is InChI=1S/C16H20N2O2/c1-3-11-19-14-8-4-5-9-15(14)20-16-13(12(2)17)7-6-10-18-16/h4-10,12H,3,11,17H2,1-2H3/t12-/m1/s1. The molecule has 20 heavy (non-hydrogen) atoms. The summed E-state index contributed by atoms with van der Waals surface area (Å²) in [6.07, 6.45) is 2.64. The molecule has 1 aromatic heterocycles. The maximum atomic E-state index is 5.94. The fourth-order valence-corrected chi connectivity index (χ4v) is 1.80. The molecule has 0 unspecified atom stereocenters. The van der Waals surface area contributed by atoms with Gasteiger partial charge >= 0.3 is 0 Å². The molecule has 1 heterocycles. The Bertz CT molecular complexity index is 556. The second kappa shape index (κ2) is 6.91. The average Bonchev–Trinajstić information content (AvgIpc) is 2.47. The summed E-state index contributed by atoms with van der Waals surface area (Å²) in [6, 6.07) is 11.2. The van der Waals surface area contributed by atoms with Gasteiger partial charge in [-0.15, -0.1) is 0 Å². The van der Waals surface area contributed by atoms with E-state index in [-0.39, 0.29) is 6.04 Å². The van der Waals surface area contributed by atoms with Crippen LogP contribution in [0.25, 0.3) is 0 Å². The maximum absolute atomic E-state index is 5.94. The Balaban J connectivity index is 2.26. The van der Waals surface area contributed by atoms with Crippen molar-refractivity contribution in [3.05, 3.63) is 48.2 Å². The third kappa shape index (κ3) is 3.48. The van der Waals surface area contributed by atoms with Gasteiger partial charge in [0.1, 0.15) is 0 Å². The normalized spacial score (nSPS) is 11.9. The minimum Gasteiger partial charge on any atom is -0.490 e. The molecule has 2 N–H and O–H groups in total. The van der Waals surface area contributed by atoms with E-state index < -0.39 is 0 Å². The van der Waals surface area contributed by atoms with Crippen molar-refractivity contribution in [2.75, 3.05) is 6.61 Å². The van der Waals surface area contributed by atoms with E-state index in [0.29, 0.717) is 18.2 Å². The van der Waals surface area contributed by atoms with Gasteiger partial charge in [0.25, 0.3) is 0 Å². The van der Waals surface area contributed by atoms with Crippen molar-refractivity contribution >= 4 is 0 Å². The molecule has 0 fully saturated rings. The molecule has 4 nitrogen and oxygen atoms in total. The van der Waals surface area contributed by atoms with Crippen molar-refractivity contribution in [2.45, 2.75) is 26.3 Å². The minimum atomic E-state index is -0.137. The molecular formula is C16H20N2O2. The Morgan fingerprint density at radius 2 is 1.90 bits per heavy atom. The summed E-state index contributed by atoms with van der Waals surface area (Å²) in [5.41, 5.74) is 6.81. The lowest BCUT2D eigenvalue weighted by molar-refractivity contribution is 0.300. The zero-order valence-electron chi connectivity index (χ0n) is 11.9. The largest absolute Gasteiger partial charge is 0.490 e. The first-order chi connectivity index (χ1) is 9.72. The van der Waals surface area contributed by atoms with Gasteiger partial charge in [-0.05, 0) is 31.5 Å². The topological polar surface area (TPSA) is 57.4 Å². The first-order valence-corrected chi connectivity index (χ1v) is 6.82. The molecule has 4 heteroatoms. The molecule has 0 saturated carbocycles. The lowest BCUT2D eigenvalue weighted by atomic mass is 10.1. The molecule has 0 radical (unpaired) electrons. The van der Waals surface area contributed by atoms with Crippen LogP contribution in [-0.4, -0.2) is 11.6 Å². The summed E-state index contributed by atoms with van der Waals surface area (Å²) >= 11 is 0. The van der Waals surface area contributed by atoms with E-state index in [1.54, 1.807) is 6.20 Å². The van der Waals surface area contributed by atoms with E-state index >= 15 is 0 Å². The Labute approximate surface area is 119 Å². The molecule has 1 aromatic carbocycles. The van der Waals surface area contributed by atoms with E-state index in [0.717, 1.165) is 17.7 Å². The number of aromatic nitrogens is 1. The van der Waals surface area contributed by atoms with Crippen LogP contribution in [0.3, 0.4) is 0 Å². The second-order valence-electron chi connectivity index (χ2n) is 4.58. The minimum absolute atomic E-state index is 0.137. The number of pyridine rings is 1. The van der Waals surface area contributed by atoms with Crippen LogP contribution in [0, 0.1) is 0 Å². The smallest absolute Gasteiger partial charge is 0.224 e. The first kappa shape index (κ1) is 14.3. The van der Waals surface area contributed by atoms with Crippen molar-refractivity contribution < 1.29 is 9.47 Å². The van der Waals surface area contributed by atoms with Crippen LogP contribution in [0.2, 0.25) is 0 Å². The van der Waals surface area contributed by atoms with E-state index in [9.17, 15) is 0 Å². The number of nitrogens with two attached hydrogens (primary N) is 1. The molecule has 0 aliphatic rings. The quantitative estimate of drug-likeness (QED) is 0.871. The van der Waals surface area contributed by atoms with Gasteiger partial charge < -0.3 is 15.2 Å². The molecule has 0 aliphatic heterocycles. The predicted octanol–water partition coefficient (Wildman–Crippen LogP) is 3.68. The second-order valence-corrected chi connectivity index (χ2v) is 4.58. The lowest BCUT2D eigenvalue weighted by Crippen LogP contribution is -2.07. The van der Waals surface area contributed by atoms with Crippen LogP contribution in [0.4, 0.5) is 0 Å². The molecular weight excluding hydrogens is 252 g/mol. The number of rotatable bonds is 6. The zero-order chi connectivity index (χ0) is 14.4. The van der Waals surface area contributed by atoms with Crippen molar-refractivity contribution in [3.8, 4) is 17.4 Å². The average molecular weight is 272 g/mol. The molecule has 0 saturated heterocycles. The number of hydrogen-bond donors (Lipinski definition) is 1. The van der Waals surface area contributed by atoms with E-state index in [2.05, 4.69) is 11.9 Å². The fourth-order valence-electron chi connectivity index (χ4n) is 1.80. The lowest BCUT2D eigenvalue weighted by Gasteiger charge is -2.14. The summed E-state index contributed by atoms with van der Waals surface area (Å²) in [5.74, 6) is 1.90. The third-order valence-corrected chi connectivity index (χ3v) is 2.81. The van der Waals surface area contributed by atoms with E-state index in [1.807, 2.05) is 43.3 Å². The molecule has 0 amide bonds. The fraction of sp³-hybridized carbons (Fsp3) is 0.312. The monoisotopic (exact) mass is 272 g/mol. The highest BCUT2D eigenvalue weighted by atomic mass is 16.5. The summed E-state index contributed by atoms with van der Waals surface area (Å²) in [4.78, 5) is 4.26. The Kier molecular flexibility index (Phi) is 4.96. The number of ether oxygens (including phenoxy) is 2. The molecule has 1 atom stereocenters. The third-order valence-electron chi connectivity index (χ3n) is 2.81. The summed E-state index contributed by atoms with van der Waals surface area (Å²) in [5, 5.41) is 0. The van der Waals surface area contributed by atoms with Crippen molar-refractivity contribution in [2.24, 2.45) is 5.73 Å². The van der Waals surface area contributed by atoms with Crippen LogP contribution in [0.5, 0.6) is 17.4 Å². The van der Waals surface area contributed by atoms with Gasteiger partial charge in [0.05, 0.1) is 6.61 Å². The van der Waals surface area contributed by atoms with Crippen LogP contribution in [-0.2, 0) is 0 Å². The number of benzene rings is 1. The summed E-state index contributed by atoms with van der Waals surface area (Å²) < 4.78 is 11.6. The van der Waals surface area contributed by atoms with Crippen molar-refractivity contribution in [1.29, 1.82) is 0 Å². The Morgan fingerprint density at radius 1 is 1.15 bits per heavy atom. The van der Waals surface area contributed by atoms with Gasteiger partial charge in [0.15, 0.2) is 11.5 Å². The number of nitrogens with zero attached hydrogens (tertiary/aromatic N) is 1. The van der Waals surface area contributed by atoms with E-state index in [1.165, 1.54) is 0 Å². The molecule has 0 spiro atoms. The van der Waals surface area contributed by atoms with Crippen LogP contribution in [0.1, 0.15) is 31.9 Å². The highest BCUT2D eigenvalue weighted by Gasteiger charge is 2.12. The SMILES string of the molecule is CCCOc1ccccc1Oc1ncccc1[C@@H](C)N. The molecule has 0 bridgehead atoms. The summed E-state index contributed by atoms with van der Waals surface area (Å²) in [7, 11) is 0. The van der Waals surface area contributed by atoms with Crippen molar-refractivity contribution in [3.63, 3.8) is 0 Å². The van der Waals surface area contributed by atoms with Crippen molar-refractivity contribution in [1.82, 2.24) is 4.98 Å². The predicted molar refractivity (Wildman–Crippen MR) is 79.1 cm³/mol. The summed E-state index contributed by atoms with van der Waals surface area (Å²) in [6.45, 7) is 4.63. The van der Waals surface area contributed by atoms with Gasteiger partial charge in [-0.2, -0.15) is 0 Å². The Morgan fingerprint density at radius 3 is 2.60 bits per heavy atom.